The fraction of sp³-hybridized carbons (Fsp3) is 0.190. The standard InChI is InChI=1S/C21H21NO3/c1-2-24-21(23)20(14-16-8-4-3-5-9-16)22-25-19-13-12-17-10-6-7-11-18(17)15-19/h3-13,15,20,22H,2,14H2,1H3/t20-/m0/s1. The van der Waals surface area contributed by atoms with E-state index in [1.807, 2.05) is 72.8 Å². The minimum absolute atomic E-state index is 0.327. The Balaban J connectivity index is 1.71. The van der Waals surface area contributed by atoms with E-state index in [2.05, 4.69) is 5.48 Å². The van der Waals surface area contributed by atoms with E-state index >= 15 is 0 Å². The number of carbonyl (C=O) groups excluding carboxylic acids is 1. The first kappa shape index (κ1) is 17.0. The van der Waals surface area contributed by atoms with Crippen LogP contribution in [-0.2, 0) is 16.0 Å². The van der Waals surface area contributed by atoms with Gasteiger partial charge in [0.25, 0.3) is 0 Å². The number of benzene rings is 3. The molecule has 0 aliphatic heterocycles. The predicted molar refractivity (Wildman–Crippen MR) is 98.3 cm³/mol. The van der Waals surface area contributed by atoms with Gasteiger partial charge in [0, 0.05) is 6.42 Å². The average Bonchev–Trinajstić information content (AvgIpc) is 2.66. The molecule has 0 heterocycles. The summed E-state index contributed by atoms with van der Waals surface area (Å²) in [5.74, 6) is 0.327. The maximum atomic E-state index is 12.2. The summed E-state index contributed by atoms with van der Waals surface area (Å²) in [4.78, 5) is 17.9. The molecule has 128 valence electrons. The Morgan fingerprint density at radius 3 is 2.44 bits per heavy atom. The molecule has 0 bridgehead atoms. The van der Waals surface area contributed by atoms with Crippen molar-refractivity contribution in [3.05, 3.63) is 78.4 Å². The molecule has 0 saturated carbocycles. The van der Waals surface area contributed by atoms with Crippen molar-refractivity contribution in [1.29, 1.82) is 0 Å². The molecule has 0 radical (unpaired) electrons. The highest BCUT2D eigenvalue weighted by Crippen LogP contribution is 2.20. The first-order valence-electron chi connectivity index (χ1n) is 8.38. The van der Waals surface area contributed by atoms with Crippen molar-refractivity contribution in [3.8, 4) is 5.75 Å². The van der Waals surface area contributed by atoms with Crippen LogP contribution in [0.5, 0.6) is 5.75 Å². The number of nitrogens with one attached hydrogen (secondary N) is 1. The van der Waals surface area contributed by atoms with Gasteiger partial charge in [-0.2, -0.15) is 0 Å². The summed E-state index contributed by atoms with van der Waals surface area (Å²) in [5.41, 5.74) is 3.90. The van der Waals surface area contributed by atoms with Gasteiger partial charge >= 0.3 is 5.97 Å². The number of hydrogen-bond donors (Lipinski definition) is 1. The molecule has 3 aromatic carbocycles. The van der Waals surface area contributed by atoms with Crippen LogP contribution in [0.1, 0.15) is 12.5 Å². The maximum Gasteiger partial charge on any atom is 0.326 e. The van der Waals surface area contributed by atoms with Gasteiger partial charge in [0.15, 0.2) is 0 Å². The van der Waals surface area contributed by atoms with Crippen molar-refractivity contribution < 1.29 is 14.4 Å². The molecule has 0 aliphatic rings. The topological polar surface area (TPSA) is 47.6 Å². The second kappa shape index (κ2) is 8.31. The summed E-state index contributed by atoms with van der Waals surface area (Å²) in [7, 11) is 0. The van der Waals surface area contributed by atoms with Crippen LogP contribution in [0.25, 0.3) is 10.8 Å². The third kappa shape index (κ3) is 4.58. The van der Waals surface area contributed by atoms with Crippen molar-refractivity contribution >= 4 is 16.7 Å². The molecule has 4 heteroatoms. The molecule has 25 heavy (non-hydrogen) atoms. The quantitative estimate of drug-likeness (QED) is 0.525. The second-order valence-electron chi connectivity index (χ2n) is 5.72. The first-order valence-corrected chi connectivity index (χ1v) is 8.38. The van der Waals surface area contributed by atoms with Crippen LogP contribution in [-0.4, -0.2) is 18.6 Å². The first-order chi connectivity index (χ1) is 12.3. The largest absolute Gasteiger partial charge is 0.465 e. The van der Waals surface area contributed by atoms with Crippen molar-refractivity contribution in [2.24, 2.45) is 0 Å². The smallest absolute Gasteiger partial charge is 0.326 e. The van der Waals surface area contributed by atoms with Gasteiger partial charge in [-0.1, -0.05) is 60.7 Å². The highest BCUT2D eigenvalue weighted by atomic mass is 16.7. The monoisotopic (exact) mass is 335 g/mol. The van der Waals surface area contributed by atoms with Gasteiger partial charge < -0.3 is 9.57 Å². The van der Waals surface area contributed by atoms with Crippen molar-refractivity contribution in [1.82, 2.24) is 5.48 Å². The Bertz CT molecular complexity index is 833. The number of ether oxygens (including phenoxy) is 1. The van der Waals surface area contributed by atoms with Gasteiger partial charge in [-0.3, -0.25) is 4.79 Å². The van der Waals surface area contributed by atoms with Crippen LogP contribution in [0.4, 0.5) is 0 Å². The van der Waals surface area contributed by atoms with Gasteiger partial charge in [-0.15, -0.1) is 5.48 Å². The fourth-order valence-electron chi connectivity index (χ4n) is 2.64. The third-order valence-electron chi connectivity index (χ3n) is 3.89. The number of hydroxylamine groups is 1. The Morgan fingerprint density at radius 2 is 1.68 bits per heavy atom. The molecule has 0 fully saturated rings. The molecule has 3 aromatic rings. The zero-order valence-corrected chi connectivity index (χ0v) is 14.1. The third-order valence-corrected chi connectivity index (χ3v) is 3.89. The zero-order chi connectivity index (χ0) is 17.5. The summed E-state index contributed by atoms with van der Waals surface area (Å²) in [6.07, 6.45) is 0.493. The number of esters is 1. The summed E-state index contributed by atoms with van der Waals surface area (Å²) in [6.45, 7) is 2.13. The van der Waals surface area contributed by atoms with Crippen LogP contribution < -0.4 is 10.3 Å². The molecule has 0 aromatic heterocycles. The van der Waals surface area contributed by atoms with Crippen LogP contribution >= 0.6 is 0 Å². The van der Waals surface area contributed by atoms with Crippen molar-refractivity contribution in [2.45, 2.75) is 19.4 Å². The molecule has 3 rings (SSSR count). The summed E-state index contributed by atoms with van der Waals surface area (Å²) in [5, 5.41) is 2.22. The number of carbonyl (C=O) groups is 1. The van der Waals surface area contributed by atoms with E-state index in [4.69, 9.17) is 9.57 Å². The zero-order valence-electron chi connectivity index (χ0n) is 14.1. The number of fused-ring (bicyclic) bond motifs is 1. The van der Waals surface area contributed by atoms with E-state index in [9.17, 15) is 4.79 Å². The Labute approximate surface area is 147 Å². The van der Waals surface area contributed by atoms with Crippen LogP contribution in [0.15, 0.2) is 72.8 Å². The second-order valence-corrected chi connectivity index (χ2v) is 5.72. The van der Waals surface area contributed by atoms with E-state index in [1.165, 1.54) is 0 Å². The van der Waals surface area contributed by atoms with Gasteiger partial charge in [-0.05, 0) is 35.4 Å². The molecule has 1 N–H and O–H groups in total. The summed E-state index contributed by atoms with van der Waals surface area (Å²) >= 11 is 0. The lowest BCUT2D eigenvalue weighted by molar-refractivity contribution is -0.147. The summed E-state index contributed by atoms with van der Waals surface area (Å²) in [6, 6.07) is 23.1. The number of hydrogen-bond acceptors (Lipinski definition) is 4. The van der Waals surface area contributed by atoms with Crippen molar-refractivity contribution in [2.75, 3.05) is 6.61 Å². The molecule has 1 atom stereocenters. The SMILES string of the molecule is CCOC(=O)[C@H](Cc1ccccc1)NOc1ccc2ccccc2c1. The minimum atomic E-state index is -0.575. The van der Waals surface area contributed by atoms with Gasteiger partial charge in [0.1, 0.15) is 11.8 Å². The molecule has 4 nitrogen and oxygen atoms in total. The van der Waals surface area contributed by atoms with Crippen LogP contribution in [0.3, 0.4) is 0 Å². The van der Waals surface area contributed by atoms with E-state index in [0.717, 1.165) is 16.3 Å². The Kier molecular flexibility index (Phi) is 5.65. The highest BCUT2D eigenvalue weighted by Gasteiger charge is 2.21. The molecule has 0 spiro atoms. The average molecular weight is 335 g/mol. The van der Waals surface area contributed by atoms with E-state index in [1.54, 1.807) is 6.92 Å². The normalized spacial score (nSPS) is 11.9. The van der Waals surface area contributed by atoms with Crippen molar-refractivity contribution in [3.63, 3.8) is 0 Å². The molecular weight excluding hydrogens is 314 g/mol. The maximum absolute atomic E-state index is 12.2. The highest BCUT2D eigenvalue weighted by molar-refractivity contribution is 5.83. The Morgan fingerprint density at radius 1 is 0.960 bits per heavy atom. The Hall–Kier alpha value is -2.85. The lowest BCUT2D eigenvalue weighted by Crippen LogP contribution is -2.41. The number of rotatable bonds is 7. The predicted octanol–water partition coefficient (Wildman–Crippen LogP) is 3.90. The molecule has 0 unspecified atom stereocenters. The van der Waals surface area contributed by atoms with E-state index < -0.39 is 6.04 Å². The summed E-state index contributed by atoms with van der Waals surface area (Å²) < 4.78 is 5.15. The molecule has 0 saturated heterocycles. The van der Waals surface area contributed by atoms with E-state index in [0.29, 0.717) is 18.8 Å². The molecule has 0 aliphatic carbocycles. The van der Waals surface area contributed by atoms with Gasteiger partial charge in [-0.25, -0.2) is 0 Å². The van der Waals surface area contributed by atoms with Crippen LogP contribution in [0, 0.1) is 0 Å². The molecular formula is C21H21NO3. The lowest BCUT2D eigenvalue weighted by Gasteiger charge is -2.17. The van der Waals surface area contributed by atoms with E-state index in [-0.39, 0.29) is 5.97 Å². The van der Waals surface area contributed by atoms with Gasteiger partial charge in [0.05, 0.1) is 6.61 Å². The fourth-order valence-corrected chi connectivity index (χ4v) is 2.64. The van der Waals surface area contributed by atoms with Gasteiger partial charge in [0.2, 0.25) is 0 Å². The molecule has 0 amide bonds. The minimum Gasteiger partial charge on any atom is -0.465 e. The van der Waals surface area contributed by atoms with Crippen LogP contribution in [0.2, 0.25) is 0 Å². The lowest BCUT2D eigenvalue weighted by atomic mass is 10.1.